The number of thiophene rings is 1. The van der Waals surface area contributed by atoms with Gasteiger partial charge < -0.3 is 0 Å². The number of aryl methyl sites for hydroxylation is 1. The summed E-state index contributed by atoms with van der Waals surface area (Å²) in [6, 6.07) is 12.7. The van der Waals surface area contributed by atoms with Crippen LogP contribution in [-0.2, 0) is 0 Å². The molecule has 26 heavy (non-hydrogen) atoms. The predicted molar refractivity (Wildman–Crippen MR) is 102 cm³/mol. The normalized spacial score (nSPS) is 10.4. The van der Waals surface area contributed by atoms with E-state index in [1.165, 1.54) is 18.3 Å². The summed E-state index contributed by atoms with van der Waals surface area (Å²) < 4.78 is 0. The molecule has 0 aliphatic heterocycles. The number of rotatable bonds is 4. The lowest BCUT2D eigenvalue weighted by molar-refractivity contribution is 0.0850. The monoisotopic (exact) mass is 385 g/mol. The minimum atomic E-state index is -0.471. The number of hydrazine groups is 1. The van der Waals surface area contributed by atoms with Crippen LogP contribution >= 0.6 is 22.7 Å². The van der Waals surface area contributed by atoms with Crippen molar-refractivity contribution in [3.8, 4) is 10.6 Å². The number of carbonyl (C=O) groups excluding carboxylic acids is 3. The van der Waals surface area contributed by atoms with Crippen LogP contribution in [0.2, 0.25) is 0 Å². The molecule has 0 bridgehead atoms. The topological polar surface area (TPSA) is 88.2 Å². The second kappa shape index (κ2) is 7.59. The molecule has 6 nitrogen and oxygen atoms in total. The van der Waals surface area contributed by atoms with E-state index in [9.17, 15) is 14.4 Å². The van der Waals surface area contributed by atoms with Crippen LogP contribution in [0.25, 0.3) is 10.6 Å². The van der Waals surface area contributed by atoms with Crippen molar-refractivity contribution < 1.29 is 14.4 Å². The van der Waals surface area contributed by atoms with Crippen LogP contribution < -0.4 is 10.9 Å². The Labute approximate surface area is 157 Å². The molecule has 0 saturated heterocycles. The molecular weight excluding hydrogens is 370 g/mol. The molecule has 3 aromatic rings. The van der Waals surface area contributed by atoms with E-state index >= 15 is 0 Å². The Kier molecular flexibility index (Phi) is 5.24. The number of Topliss-reactive ketones (excluding diaryl/α,β-unsaturated/α-hetero) is 1. The van der Waals surface area contributed by atoms with Crippen LogP contribution in [0.1, 0.15) is 41.6 Å². The van der Waals surface area contributed by atoms with Gasteiger partial charge in [0, 0.05) is 5.56 Å². The molecule has 2 N–H and O–H groups in total. The van der Waals surface area contributed by atoms with Gasteiger partial charge in [0.1, 0.15) is 9.88 Å². The first-order valence-electron chi connectivity index (χ1n) is 7.70. The molecule has 8 heteroatoms. The van der Waals surface area contributed by atoms with Crippen molar-refractivity contribution in [2.45, 2.75) is 13.8 Å². The van der Waals surface area contributed by atoms with Gasteiger partial charge in [-0.25, -0.2) is 4.98 Å². The average Bonchev–Trinajstić information content (AvgIpc) is 3.27. The van der Waals surface area contributed by atoms with Crippen LogP contribution in [0.3, 0.4) is 0 Å². The van der Waals surface area contributed by atoms with E-state index in [-0.39, 0.29) is 5.78 Å². The first-order valence-corrected chi connectivity index (χ1v) is 9.33. The number of nitrogens with zero attached hydrogens (tertiary/aromatic N) is 1. The lowest BCUT2D eigenvalue weighted by Gasteiger charge is -2.04. The van der Waals surface area contributed by atoms with Crippen molar-refractivity contribution in [3.63, 3.8) is 0 Å². The van der Waals surface area contributed by atoms with Gasteiger partial charge in [-0.1, -0.05) is 30.3 Å². The van der Waals surface area contributed by atoms with Crippen molar-refractivity contribution >= 4 is 40.3 Å². The fourth-order valence-corrected chi connectivity index (χ4v) is 3.96. The highest BCUT2D eigenvalue weighted by Crippen LogP contribution is 2.27. The van der Waals surface area contributed by atoms with E-state index in [4.69, 9.17) is 0 Å². The van der Waals surface area contributed by atoms with Crippen molar-refractivity contribution in [1.82, 2.24) is 15.8 Å². The maximum Gasteiger partial charge on any atom is 0.281 e. The van der Waals surface area contributed by atoms with Crippen molar-refractivity contribution in [3.05, 3.63) is 62.8 Å². The standard InChI is InChI=1S/C18H15N3O3S2/c1-10-15(26-18(19-10)12-6-4-3-5-7-12)17(24)21-20-16(23)14-9-8-13(25-14)11(2)22/h3-9H,1-2H3,(H,20,23)(H,21,24). The molecule has 0 saturated carbocycles. The summed E-state index contributed by atoms with van der Waals surface area (Å²) in [6.45, 7) is 3.18. The highest BCUT2D eigenvalue weighted by Gasteiger charge is 2.18. The van der Waals surface area contributed by atoms with Crippen molar-refractivity contribution in [1.29, 1.82) is 0 Å². The summed E-state index contributed by atoms with van der Waals surface area (Å²) in [5.74, 6) is -1.01. The molecule has 132 valence electrons. The SMILES string of the molecule is CC(=O)c1ccc(C(=O)NNC(=O)c2sc(-c3ccccc3)nc2C)s1. The molecule has 1 aromatic carbocycles. The predicted octanol–water partition coefficient (Wildman–Crippen LogP) is 3.46. The Morgan fingerprint density at radius 3 is 2.19 bits per heavy atom. The lowest BCUT2D eigenvalue weighted by Crippen LogP contribution is -2.41. The number of nitrogens with one attached hydrogen (secondary N) is 2. The summed E-state index contributed by atoms with van der Waals surface area (Å²) in [6.07, 6.45) is 0. The summed E-state index contributed by atoms with van der Waals surface area (Å²) in [5, 5.41) is 0.740. The van der Waals surface area contributed by atoms with Gasteiger partial charge in [0.15, 0.2) is 5.78 Å². The maximum absolute atomic E-state index is 12.4. The van der Waals surface area contributed by atoms with Gasteiger partial charge >= 0.3 is 0 Å². The third-order valence-corrected chi connectivity index (χ3v) is 5.88. The Balaban J connectivity index is 1.67. The molecule has 0 atom stereocenters. The molecule has 3 rings (SSSR count). The van der Waals surface area contributed by atoms with E-state index in [2.05, 4.69) is 15.8 Å². The molecule has 0 fully saturated rings. The first kappa shape index (κ1) is 18.0. The highest BCUT2D eigenvalue weighted by molar-refractivity contribution is 7.17. The second-order valence-electron chi connectivity index (χ2n) is 5.43. The summed E-state index contributed by atoms with van der Waals surface area (Å²) in [5.41, 5.74) is 6.28. The maximum atomic E-state index is 12.4. The third-order valence-electron chi connectivity index (χ3n) is 3.49. The molecular formula is C18H15N3O3S2. The number of hydrogen-bond donors (Lipinski definition) is 2. The molecule has 2 aromatic heterocycles. The van der Waals surface area contributed by atoms with Crippen LogP contribution in [0.4, 0.5) is 0 Å². The summed E-state index contributed by atoms with van der Waals surface area (Å²) in [4.78, 5) is 41.4. The minimum absolute atomic E-state index is 0.105. The molecule has 0 spiro atoms. The van der Waals surface area contributed by atoms with Crippen LogP contribution in [0, 0.1) is 6.92 Å². The largest absolute Gasteiger partial charge is 0.294 e. The zero-order valence-corrected chi connectivity index (χ0v) is 15.7. The number of benzene rings is 1. The summed E-state index contributed by atoms with van der Waals surface area (Å²) >= 11 is 2.34. The number of thiazole rings is 1. The smallest absolute Gasteiger partial charge is 0.281 e. The second-order valence-corrected chi connectivity index (χ2v) is 7.51. The number of hydrogen-bond acceptors (Lipinski definition) is 6. The van der Waals surface area contributed by atoms with Gasteiger partial charge in [0.2, 0.25) is 0 Å². The Hall–Kier alpha value is -2.84. The van der Waals surface area contributed by atoms with E-state index < -0.39 is 11.8 Å². The van der Waals surface area contributed by atoms with Gasteiger partial charge in [-0.3, -0.25) is 25.2 Å². The molecule has 0 aliphatic rings. The van der Waals surface area contributed by atoms with Gasteiger partial charge in [-0.2, -0.15) is 0 Å². The van der Waals surface area contributed by atoms with Crippen LogP contribution in [0.15, 0.2) is 42.5 Å². The van der Waals surface area contributed by atoms with Gasteiger partial charge in [0.05, 0.1) is 15.4 Å². The van der Waals surface area contributed by atoms with E-state index in [1.807, 2.05) is 30.3 Å². The van der Waals surface area contributed by atoms with Crippen LogP contribution in [-0.4, -0.2) is 22.6 Å². The Bertz CT molecular complexity index is 977. The van der Waals surface area contributed by atoms with Crippen molar-refractivity contribution in [2.24, 2.45) is 0 Å². The van der Waals surface area contributed by atoms with Gasteiger partial charge in [-0.05, 0) is 26.0 Å². The quantitative estimate of drug-likeness (QED) is 0.532. The first-order chi connectivity index (χ1) is 12.5. The Morgan fingerprint density at radius 1 is 0.885 bits per heavy atom. The number of carbonyl (C=O) groups is 3. The van der Waals surface area contributed by atoms with E-state index in [0.717, 1.165) is 21.9 Å². The molecule has 2 amide bonds. The lowest BCUT2D eigenvalue weighted by atomic mass is 10.2. The van der Waals surface area contributed by atoms with E-state index in [0.29, 0.717) is 20.3 Å². The summed E-state index contributed by atoms with van der Waals surface area (Å²) in [7, 11) is 0. The van der Waals surface area contributed by atoms with Crippen LogP contribution in [0.5, 0.6) is 0 Å². The molecule has 0 unspecified atom stereocenters. The third kappa shape index (κ3) is 3.87. The van der Waals surface area contributed by atoms with Gasteiger partial charge in [-0.15, -0.1) is 22.7 Å². The Morgan fingerprint density at radius 2 is 1.54 bits per heavy atom. The molecule has 2 heterocycles. The number of ketones is 1. The fraction of sp³-hybridized carbons (Fsp3) is 0.111. The highest BCUT2D eigenvalue weighted by atomic mass is 32.1. The zero-order valence-electron chi connectivity index (χ0n) is 14.0. The van der Waals surface area contributed by atoms with Gasteiger partial charge in [0.25, 0.3) is 11.8 Å². The average molecular weight is 385 g/mol. The fourth-order valence-electron chi connectivity index (χ4n) is 2.19. The van der Waals surface area contributed by atoms with Crippen molar-refractivity contribution in [2.75, 3.05) is 0 Å². The number of amides is 2. The zero-order chi connectivity index (χ0) is 18.7. The minimum Gasteiger partial charge on any atom is -0.294 e. The number of aromatic nitrogens is 1. The molecule has 0 aliphatic carbocycles. The molecule has 0 radical (unpaired) electrons. The van der Waals surface area contributed by atoms with E-state index in [1.54, 1.807) is 19.1 Å².